The van der Waals surface area contributed by atoms with Crippen molar-refractivity contribution in [1.82, 2.24) is 4.90 Å². The van der Waals surface area contributed by atoms with E-state index >= 15 is 0 Å². The third-order valence-corrected chi connectivity index (χ3v) is 4.36. The van der Waals surface area contributed by atoms with Crippen molar-refractivity contribution in [3.63, 3.8) is 0 Å². The Morgan fingerprint density at radius 3 is 2.52 bits per heavy atom. The lowest BCUT2D eigenvalue weighted by Crippen LogP contribution is -2.43. The summed E-state index contributed by atoms with van der Waals surface area (Å²) >= 11 is 0. The van der Waals surface area contributed by atoms with Crippen molar-refractivity contribution in [2.45, 2.75) is 19.3 Å². The Bertz CT molecular complexity index is 746. The maximum Gasteiger partial charge on any atom is 0.233 e. The number of amides is 2. The van der Waals surface area contributed by atoms with Crippen LogP contribution < -0.4 is 9.64 Å². The van der Waals surface area contributed by atoms with Gasteiger partial charge in [0.2, 0.25) is 11.8 Å². The summed E-state index contributed by atoms with van der Waals surface area (Å²) in [6.07, 6.45) is 1.67. The molecule has 130 valence electrons. The molecule has 3 rings (SSSR count). The fraction of sp³-hybridized carbons (Fsp3) is 0.300. The van der Waals surface area contributed by atoms with Gasteiger partial charge in [-0.1, -0.05) is 42.5 Å². The van der Waals surface area contributed by atoms with Crippen molar-refractivity contribution in [1.29, 1.82) is 0 Å². The molecule has 0 atom stereocenters. The monoisotopic (exact) mass is 338 g/mol. The maximum atomic E-state index is 13.0. The number of para-hydroxylation sites is 2. The molecule has 1 heterocycles. The lowest BCUT2D eigenvalue weighted by atomic mass is 10.1. The van der Waals surface area contributed by atoms with Crippen molar-refractivity contribution in [2.24, 2.45) is 0 Å². The van der Waals surface area contributed by atoms with E-state index in [2.05, 4.69) is 0 Å². The second kappa shape index (κ2) is 7.83. The van der Waals surface area contributed by atoms with Crippen LogP contribution in [-0.4, -0.2) is 37.0 Å². The summed E-state index contributed by atoms with van der Waals surface area (Å²) in [4.78, 5) is 28.4. The number of hydrogen-bond donors (Lipinski definition) is 0. The maximum absolute atomic E-state index is 13.0. The number of likely N-dealkylation sites (tertiary alicyclic amines) is 1. The van der Waals surface area contributed by atoms with E-state index in [1.807, 2.05) is 54.6 Å². The van der Waals surface area contributed by atoms with Gasteiger partial charge in [-0.2, -0.15) is 0 Å². The van der Waals surface area contributed by atoms with Crippen molar-refractivity contribution in [3.8, 4) is 5.75 Å². The molecule has 0 N–H and O–H groups in total. The molecular formula is C20H22N2O3. The predicted molar refractivity (Wildman–Crippen MR) is 96.4 cm³/mol. The van der Waals surface area contributed by atoms with Gasteiger partial charge in [0.15, 0.2) is 0 Å². The van der Waals surface area contributed by atoms with Crippen LogP contribution in [0.25, 0.3) is 0 Å². The zero-order valence-corrected chi connectivity index (χ0v) is 14.4. The van der Waals surface area contributed by atoms with E-state index in [4.69, 9.17) is 4.74 Å². The van der Waals surface area contributed by atoms with Crippen LogP contribution in [0, 0.1) is 0 Å². The van der Waals surface area contributed by atoms with Crippen molar-refractivity contribution in [3.05, 3.63) is 60.2 Å². The molecular weight excluding hydrogens is 316 g/mol. The minimum absolute atomic E-state index is 0.0598. The largest absolute Gasteiger partial charge is 0.495 e. The first-order chi connectivity index (χ1) is 12.2. The van der Waals surface area contributed by atoms with Gasteiger partial charge in [-0.15, -0.1) is 0 Å². The molecule has 0 aliphatic carbocycles. The average molecular weight is 338 g/mol. The van der Waals surface area contributed by atoms with Crippen LogP contribution in [0.1, 0.15) is 18.4 Å². The lowest BCUT2D eigenvalue weighted by molar-refractivity contribution is -0.128. The van der Waals surface area contributed by atoms with E-state index in [1.165, 1.54) is 0 Å². The number of carbonyl (C=O) groups excluding carboxylic acids is 2. The number of benzene rings is 2. The Hall–Kier alpha value is -2.82. The first-order valence-electron chi connectivity index (χ1n) is 8.44. The molecule has 1 saturated heterocycles. The fourth-order valence-electron chi connectivity index (χ4n) is 3.03. The van der Waals surface area contributed by atoms with Gasteiger partial charge in [0.05, 0.1) is 19.2 Å². The molecule has 0 saturated carbocycles. The number of methoxy groups -OCH3 is 1. The van der Waals surface area contributed by atoms with Crippen molar-refractivity contribution < 1.29 is 14.3 Å². The molecule has 5 heteroatoms. The summed E-state index contributed by atoms with van der Waals surface area (Å²) < 4.78 is 5.42. The van der Waals surface area contributed by atoms with Crippen molar-refractivity contribution in [2.75, 3.05) is 25.2 Å². The quantitative estimate of drug-likeness (QED) is 0.814. The number of nitrogens with zero attached hydrogens (tertiary/aromatic N) is 2. The molecule has 2 aromatic carbocycles. The van der Waals surface area contributed by atoms with Gasteiger partial charge in [0.1, 0.15) is 12.4 Å². The highest BCUT2D eigenvalue weighted by Crippen LogP contribution is 2.29. The van der Waals surface area contributed by atoms with Gasteiger partial charge < -0.3 is 9.64 Å². The second-order valence-corrected chi connectivity index (χ2v) is 6.06. The first-order valence-corrected chi connectivity index (χ1v) is 8.44. The van der Waals surface area contributed by atoms with Crippen molar-refractivity contribution >= 4 is 17.5 Å². The van der Waals surface area contributed by atoms with Crippen LogP contribution in [0.5, 0.6) is 5.75 Å². The molecule has 2 aromatic rings. The topological polar surface area (TPSA) is 49.9 Å². The third kappa shape index (κ3) is 3.99. The minimum atomic E-state index is -0.0598. The molecule has 1 aliphatic rings. The van der Waals surface area contributed by atoms with E-state index in [9.17, 15) is 9.59 Å². The molecule has 2 amide bonds. The van der Waals surface area contributed by atoms with E-state index in [-0.39, 0.29) is 24.9 Å². The molecule has 0 aromatic heterocycles. The Balaban J connectivity index is 1.88. The van der Waals surface area contributed by atoms with Crippen LogP contribution in [0.15, 0.2) is 54.6 Å². The third-order valence-electron chi connectivity index (χ3n) is 4.36. The Morgan fingerprint density at radius 2 is 1.84 bits per heavy atom. The van der Waals surface area contributed by atoms with Crippen LogP contribution in [0.3, 0.4) is 0 Å². The Morgan fingerprint density at radius 1 is 1.12 bits per heavy atom. The molecule has 1 aliphatic heterocycles. The molecule has 0 spiro atoms. The fourth-order valence-corrected chi connectivity index (χ4v) is 3.03. The first kappa shape index (κ1) is 17.0. The average Bonchev–Trinajstić information content (AvgIpc) is 3.05. The van der Waals surface area contributed by atoms with Gasteiger partial charge in [-0.25, -0.2) is 0 Å². The molecule has 0 radical (unpaired) electrons. The zero-order valence-electron chi connectivity index (χ0n) is 14.4. The SMILES string of the molecule is COc1ccccc1N(CN1CCCC1=O)C(=O)Cc1ccccc1. The second-order valence-electron chi connectivity index (χ2n) is 6.06. The number of anilines is 1. The number of rotatable bonds is 6. The highest BCUT2D eigenvalue weighted by atomic mass is 16.5. The Kier molecular flexibility index (Phi) is 5.33. The molecule has 5 nitrogen and oxygen atoms in total. The standard InChI is InChI=1S/C20H22N2O3/c1-25-18-11-6-5-10-17(18)22(15-21-13-7-12-19(21)23)20(24)14-16-8-3-2-4-9-16/h2-6,8-11H,7,12-15H2,1H3. The zero-order chi connectivity index (χ0) is 17.6. The van der Waals surface area contributed by atoms with E-state index in [0.717, 1.165) is 12.0 Å². The summed E-state index contributed by atoms with van der Waals surface area (Å²) in [7, 11) is 1.58. The summed E-state index contributed by atoms with van der Waals surface area (Å²) in [6, 6.07) is 17.0. The van der Waals surface area contributed by atoms with Crippen LogP contribution >= 0.6 is 0 Å². The van der Waals surface area contributed by atoms with E-state index in [0.29, 0.717) is 24.4 Å². The smallest absolute Gasteiger partial charge is 0.233 e. The van der Waals surface area contributed by atoms with Gasteiger partial charge in [-0.3, -0.25) is 14.5 Å². The highest BCUT2D eigenvalue weighted by molar-refractivity contribution is 5.96. The van der Waals surface area contributed by atoms with E-state index < -0.39 is 0 Å². The number of carbonyl (C=O) groups is 2. The molecule has 0 unspecified atom stereocenters. The molecule has 25 heavy (non-hydrogen) atoms. The summed E-state index contributed by atoms with van der Waals surface area (Å²) in [5.74, 6) is 0.651. The van der Waals surface area contributed by atoms with Crippen LogP contribution in [0.2, 0.25) is 0 Å². The van der Waals surface area contributed by atoms with Gasteiger partial charge in [0, 0.05) is 13.0 Å². The summed E-state index contributed by atoms with van der Waals surface area (Å²) in [5.41, 5.74) is 1.63. The Labute approximate surface area is 147 Å². The summed E-state index contributed by atoms with van der Waals surface area (Å²) in [5, 5.41) is 0. The number of ether oxygens (including phenoxy) is 1. The molecule has 0 bridgehead atoms. The van der Waals surface area contributed by atoms with Gasteiger partial charge in [-0.05, 0) is 24.1 Å². The predicted octanol–water partition coefficient (Wildman–Crippen LogP) is 2.85. The van der Waals surface area contributed by atoms with Crippen LogP contribution in [-0.2, 0) is 16.0 Å². The van der Waals surface area contributed by atoms with Gasteiger partial charge >= 0.3 is 0 Å². The highest BCUT2D eigenvalue weighted by Gasteiger charge is 2.27. The number of hydrogen-bond acceptors (Lipinski definition) is 3. The minimum Gasteiger partial charge on any atom is -0.495 e. The van der Waals surface area contributed by atoms with Gasteiger partial charge in [0.25, 0.3) is 0 Å². The normalized spacial score (nSPS) is 13.8. The lowest BCUT2D eigenvalue weighted by Gasteiger charge is -2.29. The summed E-state index contributed by atoms with van der Waals surface area (Å²) in [6.45, 7) is 0.938. The van der Waals surface area contributed by atoms with E-state index in [1.54, 1.807) is 16.9 Å². The molecule has 1 fully saturated rings. The van der Waals surface area contributed by atoms with Crippen LogP contribution in [0.4, 0.5) is 5.69 Å².